The third-order valence-electron chi connectivity index (χ3n) is 5.92. The second-order valence-corrected chi connectivity index (χ2v) is 9.42. The topological polar surface area (TPSA) is 105 Å². The number of aliphatic carboxylic acids is 1. The molecule has 0 fully saturated rings. The number of methoxy groups -OCH3 is 1. The number of carbonyl (C=O) groups excluding carboxylic acids is 2. The lowest BCUT2D eigenvalue weighted by atomic mass is 9.86. The monoisotopic (exact) mass is 468 g/mol. The summed E-state index contributed by atoms with van der Waals surface area (Å²) in [5.41, 5.74) is 3.75. The lowest BCUT2D eigenvalue weighted by Crippen LogP contribution is -2.56. The van der Waals surface area contributed by atoms with Crippen molar-refractivity contribution >= 4 is 18.0 Å². The molecule has 182 valence electrons. The molecule has 0 aromatic heterocycles. The van der Waals surface area contributed by atoms with E-state index in [9.17, 15) is 19.5 Å². The van der Waals surface area contributed by atoms with Crippen LogP contribution >= 0.6 is 0 Å². The number of carboxylic acid groups (broad SMARTS) is 1. The van der Waals surface area contributed by atoms with Gasteiger partial charge in [-0.3, -0.25) is 9.59 Å². The normalized spacial score (nSPS) is 13.5. The number of hydrogen-bond donors (Lipinski definition) is 2. The molecule has 1 aliphatic rings. The minimum absolute atomic E-state index is 0.0978. The van der Waals surface area contributed by atoms with Crippen LogP contribution in [0.5, 0.6) is 0 Å². The van der Waals surface area contributed by atoms with E-state index in [0.29, 0.717) is 0 Å². The van der Waals surface area contributed by atoms with Gasteiger partial charge in [-0.25, -0.2) is 4.79 Å². The zero-order valence-corrected chi connectivity index (χ0v) is 20.0. The molecule has 2 amide bonds. The molecule has 0 spiro atoms. The second-order valence-electron chi connectivity index (χ2n) is 9.42. The fourth-order valence-electron chi connectivity index (χ4n) is 4.22. The van der Waals surface area contributed by atoms with Crippen molar-refractivity contribution in [1.29, 1.82) is 0 Å². The van der Waals surface area contributed by atoms with Crippen molar-refractivity contribution in [3.05, 3.63) is 59.7 Å². The predicted octanol–water partition coefficient (Wildman–Crippen LogP) is 3.50. The summed E-state index contributed by atoms with van der Waals surface area (Å²) in [5, 5.41) is 11.9. The maximum absolute atomic E-state index is 13.2. The smallest absolute Gasteiger partial charge is 0.407 e. The van der Waals surface area contributed by atoms with E-state index in [1.807, 2.05) is 36.4 Å². The fraction of sp³-hybridized carbons (Fsp3) is 0.423. The number of carboxylic acids is 1. The van der Waals surface area contributed by atoms with Gasteiger partial charge >= 0.3 is 12.1 Å². The highest BCUT2D eigenvalue weighted by molar-refractivity contribution is 5.89. The van der Waals surface area contributed by atoms with E-state index in [-0.39, 0.29) is 25.7 Å². The summed E-state index contributed by atoms with van der Waals surface area (Å²) >= 11 is 0. The highest BCUT2D eigenvalue weighted by Gasteiger charge is 2.37. The first kappa shape index (κ1) is 25.2. The zero-order chi connectivity index (χ0) is 24.9. The Balaban J connectivity index is 1.72. The minimum Gasteiger partial charge on any atom is -0.480 e. The number of amides is 2. The lowest BCUT2D eigenvalue weighted by molar-refractivity contribution is -0.147. The average molecular weight is 469 g/mol. The van der Waals surface area contributed by atoms with Gasteiger partial charge in [-0.15, -0.1) is 0 Å². The number of carbonyl (C=O) groups is 3. The summed E-state index contributed by atoms with van der Waals surface area (Å²) in [5.74, 6) is -1.74. The van der Waals surface area contributed by atoms with Crippen LogP contribution in [0.1, 0.15) is 37.8 Å². The van der Waals surface area contributed by atoms with Crippen molar-refractivity contribution in [1.82, 2.24) is 10.2 Å². The van der Waals surface area contributed by atoms with Gasteiger partial charge in [0.05, 0.1) is 6.61 Å². The zero-order valence-electron chi connectivity index (χ0n) is 20.0. The molecule has 1 aliphatic carbocycles. The van der Waals surface area contributed by atoms with E-state index in [1.165, 1.54) is 12.0 Å². The molecular formula is C26H32N2O6. The number of benzene rings is 2. The number of fused-ring (bicyclic) bond motifs is 3. The van der Waals surface area contributed by atoms with E-state index in [2.05, 4.69) is 17.4 Å². The minimum atomic E-state index is -1.14. The van der Waals surface area contributed by atoms with Gasteiger partial charge in [0.25, 0.3) is 0 Å². The van der Waals surface area contributed by atoms with Gasteiger partial charge in [-0.05, 0) is 27.7 Å². The summed E-state index contributed by atoms with van der Waals surface area (Å²) in [6, 6.07) is 15.1. The summed E-state index contributed by atoms with van der Waals surface area (Å²) < 4.78 is 10.6. The Hall–Kier alpha value is -3.39. The van der Waals surface area contributed by atoms with Crippen molar-refractivity contribution in [3.63, 3.8) is 0 Å². The highest BCUT2D eigenvalue weighted by atomic mass is 16.5. The van der Waals surface area contributed by atoms with E-state index in [1.54, 1.807) is 20.8 Å². The third kappa shape index (κ3) is 5.75. The van der Waals surface area contributed by atoms with Gasteiger partial charge < -0.3 is 24.8 Å². The first-order chi connectivity index (χ1) is 16.1. The van der Waals surface area contributed by atoms with Gasteiger partial charge in [-0.2, -0.15) is 0 Å². The van der Waals surface area contributed by atoms with Gasteiger partial charge in [0.1, 0.15) is 19.2 Å². The number of alkyl carbamates (subject to hydrolysis) is 1. The summed E-state index contributed by atoms with van der Waals surface area (Å²) in [4.78, 5) is 38.4. The molecule has 2 aromatic rings. The van der Waals surface area contributed by atoms with Crippen LogP contribution in [0.15, 0.2) is 48.5 Å². The summed E-state index contributed by atoms with van der Waals surface area (Å²) in [6.07, 6.45) is -0.725. The van der Waals surface area contributed by atoms with Crippen molar-refractivity contribution < 1.29 is 29.0 Å². The number of rotatable bonds is 9. The van der Waals surface area contributed by atoms with E-state index < -0.39 is 36.0 Å². The molecular weight excluding hydrogens is 436 g/mol. The van der Waals surface area contributed by atoms with Gasteiger partial charge in [0, 0.05) is 19.6 Å². The molecule has 8 heteroatoms. The molecule has 2 aromatic carbocycles. The van der Waals surface area contributed by atoms with Crippen molar-refractivity contribution in [2.24, 2.45) is 5.41 Å². The van der Waals surface area contributed by atoms with Crippen LogP contribution in [-0.4, -0.2) is 67.4 Å². The van der Waals surface area contributed by atoms with Crippen molar-refractivity contribution in [2.45, 2.75) is 32.7 Å². The fourth-order valence-corrected chi connectivity index (χ4v) is 4.22. The van der Waals surface area contributed by atoms with E-state index in [0.717, 1.165) is 22.3 Å². The summed E-state index contributed by atoms with van der Waals surface area (Å²) in [6.45, 7) is 5.31. The number of nitrogens with one attached hydrogen (secondary N) is 1. The Kier molecular flexibility index (Phi) is 7.94. The molecule has 0 unspecified atom stereocenters. The first-order valence-corrected chi connectivity index (χ1v) is 11.2. The van der Waals surface area contributed by atoms with E-state index in [4.69, 9.17) is 9.47 Å². The molecule has 0 bridgehead atoms. The largest absolute Gasteiger partial charge is 0.480 e. The molecule has 0 heterocycles. The quantitative estimate of drug-likeness (QED) is 0.584. The van der Waals surface area contributed by atoms with Crippen LogP contribution in [0.2, 0.25) is 0 Å². The Bertz CT molecular complexity index is 1000. The summed E-state index contributed by atoms with van der Waals surface area (Å²) in [7, 11) is 1.47. The highest BCUT2D eigenvalue weighted by Crippen LogP contribution is 2.44. The molecule has 34 heavy (non-hydrogen) atoms. The van der Waals surface area contributed by atoms with Crippen molar-refractivity contribution in [2.75, 3.05) is 33.4 Å². The third-order valence-corrected chi connectivity index (χ3v) is 5.92. The maximum Gasteiger partial charge on any atom is 0.407 e. The van der Waals surface area contributed by atoms with Crippen LogP contribution in [-0.2, 0) is 19.1 Å². The predicted molar refractivity (Wildman–Crippen MR) is 128 cm³/mol. The Morgan fingerprint density at radius 2 is 1.59 bits per heavy atom. The lowest BCUT2D eigenvalue weighted by Gasteiger charge is -2.34. The molecule has 3 rings (SSSR count). The molecule has 0 radical (unpaired) electrons. The number of ether oxygens (including phenoxy) is 2. The van der Waals surface area contributed by atoms with Gasteiger partial charge in [-0.1, -0.05) is 69.3 Å². The first-order valence-electron chi connectivity index (χ1n) is 11.2. The Morgan fingerprint density at radius 1 is 1.03 bits per heavy atom. The SMILES string of the molecule is COCCN(CC(=O)O)C(=O)[C@H](NC(=O)OCC1c2ccccc2-c2ccccc21)C(C)(C)C. The van der Waals surface area contributed by atoms with Gasteiger partial charge in [0.15, 0.2) is 0 Å². The Labute approximate surface area is 199 Å². The molecule has 1 atom stereocenters. The van der Waals surface area contributed by atoms with Gasteiger partial charge in [0.2, 0.25) is 5.91 Å². The number of nitrogens with zero attached hydrogens (tertiary/aromatic N) is 1. The Morgan fingerprint density at radius 3 is 2.09 bits per heavy atom. The molecule has 8 nitrogen and oxygen atoms in total. The molecule has 2 N–H and O–H groups in total. The number of hydrogen-bond acceptors (Lipinski definition) is 5. The molecule has 0 saturated carbocycles. The molecule has 0 aliphatic heterocycles. The van der Waals surface area contributed by atoms with Crippen LogP contribution in [0.4, 0.5) is 4.79 Å². The van der Waals surface area contributed by atoms with Crippen LogP contribution in [0, 0.1) is 5.41 Å². The maximum atomic E-state index is 13.2. The van der Waals surface area contributed by atoms with Crippen LogP contribution < -0.4 is 5.32 Å². The molecule has 0 saturated heterocycles. The average Bonchev–Trinajstić information content (AvgIpc) is 3.11. The van der Waals surface area contributed by atoms with Crippen LogP contribution in [0.25, 0.3) is 11.1 Å². The second kappa shape index (κ2) is 10.7. The standard InChI is InChI=1S/C26H32N2O6/c1-26(2,3)23(24(31)28(13-14-33-4)15-22(29)30)27-25(32)34-16-21-19-11-7-5-9-17(19)18-10-6-8-12-20(18)21/h5-12,21,23H,13-16H2,1-4H3,(H,27,32)(H,29,30)/t23-/m0/s1. The van der Waals surface area contributed by atoms with Crippen molar-refractivity contribution in [3.8, 4) is 11.1 Å². The van der Waals surface area contributed by atoms with E-state index >= 15 is 0 Å². The van der Waals surface area contributed by atoms with Crippen LogP contribution in [0.3, 0.4) is 0 Å².